The molecule has 4 aromatic rings. The van der Waals surface area contributed by atoms with Gasteiger partial charge >= 0.3 is 0 Å². The highest BCUT2D eigenvalue weighted by Gasteiger charge is 2.27. The number of nitrogens with zero attached hydrogens (tertiary/aromatic N) is 4. The fourth-order valence-corrected chi connectivity index (χ4v) is 4.65. The average molecular weight is 575 g/mol. The molecule has 0 saturated carbocycles. The van der Waals surface area contributed by atoms with Crippen LogP contribution in [0, 0.1) is 5.92 Å². The van der Waals surface area contributed by atoms with Crippen LogP contribution in [0.1, 0.15) is 34.7 Å². The van der Waals surface area contributed by atoms with Gasteiger partial charge < -0.3 is 15.2 Å². The Morgan fingerprint density at radius 3 is 2.58 bits per heavy atom. The van der Waals surface area contributed by atoms with E-state index in [4.69, 9.17) is 4.52 Å². The number of benzene rings is 2. The van der Waals surface area contributed by atoms with Crippen molar-refractivity contribution in [1.29, 1.82) is 0 Å². The van der Waals surface area contributed by atoms with E-state index in [1.807, 2.05) is 42.5 Å². The van der Waals surface area contributed by atoms with Gasteiger partial charge in [-0.2, -0.15) is 4.98 Å². The van der Waals surface area contributed by atoms with E-state index < -0.39 is 0 Å². The molecule has 2 N–H and O–H groups in total. The Morgan fingerprint density at radius 1 is 1.03 bits per heavy atom. The summed E-state index contributed by atoms with van der Waals surface area (Å²) < 4.78 is 6.44. The summed E-state index contributed by atoms with van der Waals surface area (Å²) in [4.78, 5) is 36.7. The van der Waals surface area contributed by atoms with Gasteiger partial charge in [-0.3, -0.25) is 19.5 Å². The molecule has 1 saturated heterocycles. The van der Waals surface area contributed by atoms with Crippen molar-refractivity contribution in [2.75, 3.05) is 18.4 Å². The molecule has 194 valence electrons. The molecule has 9 nitrogen and oxygen atoms in total. The molecule has 1 aliphatic rings. The zero-order valence-corrected chi connectivity index (χ0v) is 22.2. The summed E-state index contributed by atoms with van der Waals surface area (Å²) in [6, 6.07) is 18.5. The minimum Gasteiger partial charge on any atom is -0.348 e. The second-order valence-corrected chi connectivity index (χ2v) is 10.1. The first-order chi connectivity index (χ1) is 18.5. The van der Waals surface area contributed by atoms with Crippen LogP contribution in [0.15, 0.2) is 82.1 Å². The molecule has 0 aliphatic carbocycles. The van der Waals surface area contributed by atoms with Crippen LogP contribution < -0.4 is 10.6 Å². The number of hydrogen-bond donors (Lipinski definition) is 2. The number of piperidine rings is 1. The molecular formula is C28H27BrN6O3. The van der Waals surface area contributed by atoms with Crippen molar-refractivity contribution in [2.45, 2.75) is 25.9 Å². The maximum atomic E-state index is 13.1. The Bertz CT molecular complexity index is 1390. The van der Waals surface area contributed by atoms with Crippen LogP contribution in [0.25, 0.3) is 11.4 Å². The third kappa shape index (κ3) is 6.51. The van der Waals surface area contributed by atoms with E-state index in [1.165, 1.54) is 0 Å². The molecule has 2 aromatic carbocycles. The van der Waals surface area contributed by atoms with Crippen molar-refractivity contribution < 1.29 is 14.1 Å². The number of likely N-dealkylation sites (tertiary alicyclic amines) is 1. The van der Waals surface area contributed by atoms with E-state index in [0.29, 0.717) is 48.9 Å². The van der Waals surface area contributed by atoms with Crippen LogP contribution in [0.5, 0.6) is 0 Å². The number of carbonyl (C=O) groups excluding carboxylic acids is 2. The SMILES string of the molecule is O=C(NCc1cccnc1)c1ccccc1NC(=O)C1CCN(Cc2nc(-c3ccc(Br)cc3)no2)CC1. The molecule has 2 amide bonds. The molecule has 5 rings (SSSR count). The van der Waals surface area contributed by atoms with Gasteiger partial charge in [-0.15, -0.1) is 0 Å². The lowest BCUT2D eigenvalue weighted by molar-refractivity contribution is -0.121. The number of hydrogen-bond acceptors (Lipinski definition) is 7. The zero-order chi connectivity index (χ0) is 26.3. The summed E-state index contributed by atoms with van der Waals surface area (Å²) >= 11 is 3.43. The molecule has 0 bridgehead atoms. The molecule has 38 heavy (non-hydrogen) atoms. The Hall–Kier alpha value is -3.89. The van der Waals surface area contributed by atoms with E-state index in [0.717, 1.165) is 28.7 Å². The zero-order valence-electron chi connectivity index (χ0n) is 20.6. The van der Waals surface area contributed by atoms with Gasteiger partial charge in [0.05, 0.1) is 17.8 Å². The van der Waals surface area contributed by atoms with Crippen molar-refractivity contribution in [1.82, 2.24) is 25.3 Å². The van der Waals surface area contributed by atoms with Gasteiger partial charge in [0, 0.05) is 34.9 Å². The Labute approximate surface area is 228 Å². The summed E-state index contributed by atoms with van der Waals surface area (Å²) in [5, 5.41) is 9.96. The first-order valence-electron chi connectivity index (χ1n) is 12.4. The third-order valence-electron chi connectivity index (χ3n) is 6.49. The van der Waals surface area contributed by atoms with Crippen molar-refractivity contribution in [3.63, 3.8) is 0 Å². The summed E-state index contributed by atoms with van der Waals surface area (Å²) in [5.74, 6) is 0.648. The molecule has 1 fully saturated rings. The van der Waals surface area contributed by atoms with Crippen molar-refractivity contribution in [2.24, 2.45) is 5.92 Å². The Balaban J connectivity index is 1.13. The molecule has 10 heteroatoms. The normalized spacial score (nSPS) is 14.2. The summed E-state index contributed by atoms with van der Waals surface area (Å²) in [6.45, 7) is 2.37. The number of anilines is 1. The summed E-state index contributed by atoms with van der Waals surface area (Å²) in [7, 11) is 0. The minimum absolute atomic E-state index is 0.0764. The van der Waals surface area contributed by atoms with Crippen LogP contribution in [-0.4, -0.2) is 44.9 Å². The topological polar surface area (TPSA) is 113 Å². The number of carbonyl (C=O) groups is 2. The molecule has 0 unspecified atom stereocenters. The van der Waals surface area contributed by atoms with Crippen LogP contribution in [0.3, 0.4) is 0 Å². The molecule has 2 aromatic heterocycles. The van der Waals surface area contributed by atoms with Crippen LogP contribution in [-0.2, 0) is 17.9 Å². The van der Waals surface area contributed by atoms with Gasteiger partial charge in [-0.25, -0.2) is 0 Å². The van der Waals surface area contributed by atoms with E-state index >= 15 is 0 Å². The summed E-state index contributed by atoms with van der Waals surface area (Å²) in [6.07, 6.45) is 4.80. The van der Waals surface area contributed by atoms with E-state index in [2.05, 4.69) is 46.6 Å². The number of para-hydroxylation sites is 1. The van der Waals surface area contributed by atoms with Crippen molar-refractivity contribution >= 4 is 33.4 Å². The van der Waals surface area contributed by atoms with Gasteiger partial charge in [0.1, 0.15) is 0 Å². The lowest BCUT2D eigenvalue weighted by atomic mass is 9.95. The molecule has 0 atom stereocenters. The highest BCUT2D eigenvalue weighted by atomic mass is 79.9. The van der Waals surface area contributed by atoms with E-state index in [-0.39, 0.29) is 17.7 Å². The molecule has 0 radical (unpaired) electrons. The van der Waals surface area contributed by atoms with Crippen LogP contribution in [0.4, 0.5) is 5.69 Å². The van der Waals surface area contributed by atoms with Crippen LogP contribution >= 0.6 is 15.9 Å². The van der Waals surface area contributed by atoms with Gasteiger partial charge in [0.15, 0.2) is 0 Å². The second kappa shape index (κ2) is 12.1. The quantitative estimate of drug-likeness (QED) is 0.314. The lowest BCUT2D eigenvalue weighted by Crippen LogP contribution is -2.38. The second-order valence-electron chi connectivity index (χ2n) is 9.15. The smallest absolute Gasteiger partial charge is 0.253 e. The number of pyridine rings is 1. The Kier molecular flexibility index (Phi) is 8.20. The molecule has 3 heterocycles. The molecular weight excluding hydrogens is 548 g/mol. The number of rotatable bonds is 8. The van der Waals surface area contributed by atoms with E-state index in [9.17, 15) is 9.59 Å². The Morgan fingerprint density at radius 2 is 1.82 bits per heavy atom. The number of amides is 2. The monoisotopic (exact) mass is 574 g/mol. The largest absolute Gasteiger partial charge is 0.348 e. The maximum Gasteiger partial charge on any atom is 0.253 e. The highest BCUT2D eigenvalue weighted by molar-refractivity contribution is 9.10. The first-order valence-corrected chi connectivity index (χ1v) is 13.2. The van der Waals surface area contributed by atoms with Crippen molar-refractivity contribution in [3.8, 4) is 11.4 Å². The number of nitrogens with one attached hydrogen (secondary N) is 2. The maximum absolute atomic E-state index is 13.1. The van der Waals surface area contributed by atoms with E-state index in [1.54, 1.807) is 30.6 Å². The predicted molar refractivity (Wildman–Crippen MR) is 146 cm³/mol. The standard InChI is InChI=1S/C28H27BrN6O3/c29-22-9-7-20(8-10-22)26-33-25(38-34-26)18-35-14-11-21(12-15-35)27(36)32-24-6-2-1-5-23(24)28(37)31-17-19-4-3-13-30-16-19/h1-10,13,16,21H,11-12,14-15,17-18H2,(H,31,37)(H,32,36). The minimum atomic E-state index is -0.248. The lowest BCUT2D eigenvalue weighted by Gasteiger charge is -2.30. The third-order valence-corrected chi connectivity index (χ3v) is 7.02. The first kappa shape index (κ1) is 25.7. The predicted octanol–water partition coefficient (Wildman–Crippen LogP) is 4.67. The molecule has 0 spiro atoms. The fourth-order valence-electron chi connectivity index (χ4n) is 4.39. The summed E-state index contributed by atoms with van der Waals surface area (Å²) in [5.41, 5.74) is 2.74. The van der Waals surface area contributed by atoms with Gasteiger partial charge in [0.2, 0.25) is 17.6 Å². The van der Waals surface area contributed by atoms with Gasteiger partial charge in [-0.1, -0.05) is 39.3 Å². The molecule has 1 aliphatic heterocycles. The average Bonchev–Trinajstić information content (AvgIpc) is 3.42. The number of halogens is 1. The highest BCUT2D eigenvalue weighted by Crippen LogP contribution is 2.24. The van der Waals surface area contributed by atoms with Crippen LogP contribution in [0.2, 0.25) is 0 Å². The van der Waals surface area contributed by atoms with Crippen molar-refractivity contribution in [3.05, 3.63) is 94.5 Å². The number of aromatic nitrogens is 3. The fraction of sp³-hybridized carbons (Fsp3) is 0.250. The van der Waals surface area contributed by atoms with Gasteiger partial charge in [-0.05, 0) is 74.0 Å². The van der Waals surface area contributed by atoms with Gasteiger partial charge in [0.25, 0.3) is 5.91 Å².